The smallest absolute Gasteiger partial charge is 0.196 e. The zero-order valence-electron chi connectivity index (χ0n) is 17.9. The number of fused-ring (bicyclic) bond motifs is 1. The van der Waals surface area contributed by atoms with Crippen LogP contribution >= 0.6 is 0 Å². The molecule has 0 saturated carbocycles. The third-order valence-electron chi connectivity index (χ3n) is 5.75. The minimum Gasteiger partial charge on any atom is -0.378 e. The molecule has 3 aromatic heterocycles. The largest absolute Gasteiger partial charge is 0.378 e. The average molecular weight is 433 g/mol. The summed E-state index contributed by atoms with van der Waals surface area (Å²) in [5, 5.41) is 0. The highest BCUT2D eigenvalue weighted by Gasteiger charge is 2.18. The first kappa shape index (κ1) is 19.6. The first-order valence-electron chi connectivity index (χ1n) is 10.9. The second kappa shape index (κ2) is 8.44. The monoisotopic (exact) mass is 433 g/mol. The molecule has 1 fully saturated rings. The molecule has 6 rings (SSSR count). The Kier molecular flexibility index (Phi) is 5.01. The van der Waals surface area contributed by atoms with E-state index >= 15 is 0 Å². The molecule has 161 valence electrons. The molecule has 1 saturated heterocycles. The zero-order valence-corrected chi connectivity index (χ0v) is 17.9. The summed E-state index contributed by atoms with van der Waals surface area (Å²) in [7, 11) is 0. The molecule has 0 spiro atoms. The number of morpholine rings is 1. The van der Waals surface area contributed by atoms with Crippen molar-refractivity contribution in [1.29, 1.82) is 0 Å². The van der Waals surface area contributed by atoms with Gasteiger partial charge in [0.15, 0.2) is 17.3 Å². The Morgan fingerprint density at radius 2 is 1.64 bits per heavy atom. The third kappa shape index (κ3) is 3.72. The summed E-state index contributed by atoms with van der Waals surface area (Å²) in [6.45, 7) is 3.31. The Balaban J connectivity index is 1.50. The van der Waals surface area contributed by atoms with Crippen molar-refractivity contribution in [3.05, 3.63) is 85.2 Å². The van der Waals surface area contributed by atoms with E-state index in [4.69, 9.17) is 14.7 Å². The summed E-state index contributed by atoms with van der Waals surface area (Å²) in [4.78, 5) is 21.1. The van der Waals surface area contributed by atoms with Crippen LogP contribution in [0, 0.1) is 6.07 Å². The second-order valence-electron chi connectivity index (χ2n) is 7.79. The lowest BCUT2D eigenvalue weighted by Gasteiger charge is -2.29. The van der Waals surface area contributed by atoms with Crippen molar-refractivity contribution >= 4 is 16.9 Å². The van der Waals surface area contributed by atoms with Crippen molar-refractivity contribution in [3.63, 3.8) is 0 Å². The van der Waals surface area contributed by atoms with Gasteiger partial charge >= 0.3 is 0 Å². The first-order valence-corrected chi connectivity index (χ1v) is 10.9. The summed E-state index contributed by atoms with van der Waals surface area (Å²) < 4.78 is 7.51. The lowest BCUT2D eigenvalue weighted by Crippen LogP contribution is -2.36. The van der Waals surface area contributed by atoms with Gasteiger partial charge in [0.25, 0.3) is 0 Å². The van der Waals surface area contributed by atoms with Gasteiger partial charge in [-0.05, 0) is 48.5 Å². The molecular weight excluding hydrogens is 412 g/mol. The highest BCUT2D eigenvalue weighted by Crippen LogP contribution is 2.29. The van der Waals surface area contributed by atoms with E-state index in [1.807, 2.05) is 41.0 Å². The Hall–Kier alpha value is -4.10. The lowest BCUT2D eigenvalue weighted by molar-refractivity contribution is 0.122. The van der Waals surface area contributed by atoms with Crippen LogP contribution < -0.4 is 4.90 Å². The van der Waals surface area contributed by atoms with Crippen LogP contribution in [0.3, 0.4) is 0 Å². The zero-order chi connectivity index (χ0) is 22.0. The summed E-state index contributed by atoms with van der Waals surface area (Å²) >= 11 is 0. The van der Waals surface area contributed by atoms with Crippen LogP contribution in [0.5, 0.6) is 0 Å². The second-order valence-corrected chi connectivity index (χ2v) is 7.79. The SMILES string of the molecule is [c]1ccc(-n2c(-c3ncccn3)nc3ccc(-c4cccc(N5CCOCC5)c4)nc32)cc1. The van der Waals surface area contributed by atoms with Gasteiger partial charge in [-0.2, -0.15) is 0 Å². The van der Waals surface area contributed by atoms with Crippen molar-refractivity contribution in [2.75, 3.05) is 31.2 Å². The molecule has 0 amide bonds. The highest BCUT2D eigenvalue weighted by atomic mass is 16.5. The third-order valence-corrected chi connectivity index (χ3v) is 5.75. The van der Waals surface area contributed by atoms with Gasteiger partial charge in [0.05, 0.1) is 18.9 Å². The summed E-state index contributed by atoms with van der Waals surface area (Å²) in [5.41, 5.74) is 5.62. The van der Waals surface area contributed by atoms with Gasteiger partial charge in [0, 0.05) is 42.4 Å². The van der Waals surface area contributed by atoms with E-state index in [1.165, 1.54) is 5.69 Å². The number of hydrogen-bond acceptors (Lipinski definition) is 6. The van der Waals surface area contributed by atoms with Gasteiger partial charge in [0.2, 0.25) is 0 Å². The fourth-order valence-electron chi connectivity index (χ4n) is 4.14. The topological polar surface area (TPSA) is 69.0 Å². The van der Waals surface area contributed by atoms with Crippen LogP contribution in [0.2, 0.25) is 0 Å². The van der Waals surface area contributed by atoms with Gasteiger partial charge in [-0.15, -0.1) is 0 Å². The number of imidazole rings is 1. The summed E-state index contributed by atoms with van der Waals surface area (Å²) in [5.74, 6) is 1.21. The number of ether oxygens (including phenoxy) is 1. The molecule has 0 unspecified atom stereocenters. The van der Waals surface area contributed by atoms with Gasteiger partial charge < -0.3 is 9.64 Å². The molecule has 0 N–H and O–H groups in total. The van der Waals surface area contributed by atoms with Crippen LogP contribution in [-0.4, -0.2) is 50.8 Å². The van der Waals surface area contributed by atoms with Crippen LogP contribution in [0.25, 0.3) is 39.8 Å². The number of aromatic nitrogens is 5. The van der Waals surface area contributed by atoms with Gasteiger partial charge in [0.1, 0.15) is 5.52 Å². The maximum absolute atomic E-state index is 5.50. The molecule has 0 atom stereocenters. The normalized spacial score (nSPS) is 14.0. The summed E-state index contributed by atoms with van der Waals surface area (Å²) in [6.07, 6.45) is 3.45. The van der Waals surface area contributed by atoms with Crippen molar-refractivity contribution in [2.24, 2.45) is 0 Å². The predicted octanol–water partition coefficient (Wildman–Crippen LogP) is 4.18. The Morgan fingerprint density at radius 1 is 0.818 bits per heavy atom. The van der Waals surface area contributed by atoms with E-state index in [2.05, 4.69) is 45.2 Å². The average Bonchev–Trinajstić information content (AvgIpc) is 3.29. The fourth-order valence-corrected chi connectivity index (χ4v) is 4.14. The molecule has 5 aromatic rings. The number of rotatable bonds is 4. The van der Waals surface area contributed by atoms with E-state index < -0.39 is 0 Å². The molecule has 1 aliphatic heterocycles. The molecule has 7 nitrogen and oxygen atoms in total. The van der Waals surface area contributed by atoms with E-state index in [-0.39, 0.29) is 0 Å². The molecule has 33 heavy (non-hydrogen) atoms. The maximum Gasteiger partial charge on any atom is 0.196 e. The van der Waals surface area contributed by atoms with Crippen LogP contribution in [0.1, 0.15) is 0 Å². The minimum absolute atomic E-state index is 0.555. The van der Waals surface area contributed by atoms with E-state index in [0.29, 0.717) is 11.6 Å². The van der Waals surface area contributed by atoms with E-state index in [1.54, 1.807) is 18.5 Å². The minimum atomic E-state index is 0.555. The van der Waals surface area contributed by atoms with Crippen molar-refractivity contribution in [1.82, 2.24) is 24.5 Å². The first-order chi connectivity index (χ1) is 16.4. The molecule has 0 aliphatic carbocycles. The predicted molar refractivity (Wildman–Crippen MR) is 127 cm³/mol. The Labute approximate surface area is 191 Å². The van der Waals surface area contributed by atoms with E-state index in [0.717, 1.165) is 54.4 Å². The molecular formula is C26H21N6O. The standard InChI is InChI=1S/C26H21N6O/c1-2-7-20(8-3-1)32-25-23(30-26(32)24-27-12-5-13-28-24)11-10-22(29-25)19-6-4-9-21(18-19)31-14-16-33-17-15-31/h2-13,18H,14-17H2. The van der Waals surface area contributed by atoms with Crippen LogP contribution in [-0.2, 0) is 4.74 Å². The highest BCUT2D eigenvalue weighted by molar-refractivity contribution is 5.82. The number of pyridine rings is 1. The maximum atomic E-state index is 5.50. The quantitative estimate of drug-likeness (QED) is 0.424. The molecule has 2 aromatic carbocycles. The number of anilines is 1. The molecule has 4 heterocycles. The molecule has 7 heteroatoms. The Bertz CT molecular complexity index is 1390. The van der Waals surface area contributed by atoms with Crippen LogP contribution in [0.4, 0.5) is 5.69 Å². The van der Waals surface area contributed by atoms with E-state index in [9.17, 15) is 0 Å². The van der Waals surface area contributed by atoms with Gasteiger partial charge in [-0.3, -0.25) is 4.57 Å². The Morgan fingerprint density at radius 3 is 2.45 bits per heavy atom. The molecule has 1 radical (unpaired) electrons. The van der Waals surface area contributed by atoms with Crippen LogP contribution in [0.15, 0.2) is 79.1 Å². The van der Waals surface area contributed by atoms with Crippen molar-refractivity contribution in [2.45, 2.75) is 0 Å². The van der Waals surface area contributed by atoms with Crippen molar-refractivity contribution in [3.8, 4) is 28.6 Å². The van der Waals surface area contributed by atoms with Gasteiger partial charge in [-0.1, -0.05) is 24.3 Å². The molecule has 1 aliphatic rings. The van der Waals surface area contributed by atoms with Gasteiger partial charge in [-0.25, -0.2) is 19.9 Å². The number of nitrogens with zero attached hydrogens (tertiary/aromatic N) is 6. The molecule has 0 bridgehead atoms. The lowest BCUT2D eigenvalue weighted by atomic mass is 10.1. The fraction of sp³-hybridized carbons (Fsp3) is 0.154. The number of benzene rings is 2. The van der Waals surface area contributed by atoms with Crippen molar-refractivity contribution < 1.29 is 4.74 Å². The summed E-state index contributed by atoms with van der Waals surface area (Å²) in [6, 6.07) is 25.2. The number of hydrogen-bond donors (Lipinski definition) is 0.